The van der Waals surface area contributed by atoms with Gasteiger partial charge >= 0.3 is 0 Å². The van der Waals surface area contributed by atoms with Gasteiger partial charge in [-0.05, 0) is 43.7 Å². The molecule has 36 heavy (non-hydrogen) atoms. The van der Waals surface area contributed by atoms with Crippen LogP contribution >= 0.6 is 0 Å². The number of hydrogen-bond acceptors (Lipinski definition) is 6. The lowest BCUT2D eigenvalue weighted by Gasteiger charge is -2.42. The van der Waals surface area contributed by atoms with Gasteiger partial charge in [0.1, 0.15) is 12.4 Å². The quantitative estimate of drug-likeness (QED) is 0.624. The van der Waals surface area contributed by atoms with Crippen LogP contribution < -0.4 is 4.74 Å². The Bertz CT molecular complexity index is 1030. The molecule has 0 unspecified atom stereocenters. The Morgan fingerprint density at radius 1 is 1.06 bits per heavy atom. The number of aryl methyl sites for hydroxylation is 2. The molecule has 196 valence electrons. The first-order valence-corrected chi connectivity index (χ1v) is 13.4. The van der Waals surface area contributed by atoms with E-state index in [0.29, 0.717) is 63.7 Å². The summed E-state index contributed by atoms with van der Waals surface area (Å²) < 4.78 is 11.7. The highest BCUT2D eigenvalue weighted by atomic mass is 16.5. The topological polar surface area (TPSA) is 88.8 Å². The number of carbonyl (C=O) groups excluding carboxylic acids is 2. The molecule has 2 amide bonds. The van der Waals surface area contributed by atoms with Crippen LogP contribution in [0.1, 0.15) is 82.1 Å². The van der Waals surface area contributed by atoms with Crippen LogP contribution in [-0.2, 0) is 22.4 Å². The van der Waals surface area contributed by atoms with Gasteiger partial charge in [-0.2, -0.15) is 0 Å². The van der Waals surface area contributed by atoms with Crippen LogP contribution in [0.5, 0.6) is 5.75 Å². The van der Waals surface area contributed by atoms with Crippen LogP contribution in [0.2, 0.25) is 0 Å². The summed E-state index contributed by atoms with van der Waals surface area (Å²) in [5.74, 6) is 2.50. The first kappa shape index (κ1) is 26.2. The van der Waals surface area contributed by atoms with Crippen molar-refractivity contribution < 1.29 is 18.7 Å². The van der Waals surface area contributed by atoms with E-state index < -0.39 is 5.41 Å². The largest absolute Gasteiger partial charge is 0.491 e. The fourth-order valence-electron chi connectivity index (χ4n) is 5.33. The minimum atomic E-state index is -0.398. The number of likely N-dealkylation sites (N-methyl/N-ethyl adjacent to an activating group) is 1. The van der Waals surface area contributed by atoms with Crippen molar-refractivity contribution in [3.63, 3.8) is 0 Å². The third-order valence-electron chi connectivity index (χ3n) is 7.66. The van der Waals surface area contributed by atoms with E-state index in [1.54, 1.807) is 0 Å². The van der Waals surface area contributed by atoms with E-state index in [0.717, 1.165) is 37.9 Å². The predicted molar refractivity (Wildman–Crippen MR) is 137 cm³/mol. The molecule has 8 nitrogen and oxygen atoms in total. The summed E-state index contributed by atoms with van der Waals surface area (Å²) in [6, 6.07) is 8.22. The van der Waals surface area contributed by atoms with Crippen molar-refractivity contribution >= 4 is 11.8 Å². The molecule has 2 aliphatic rings. The minimum Gasteiger partial charge on any atom is -0.491 e. The van der Waals surface area contributed by atoms with Gasteiger partial charge in [0.2, 0.25) is 23.6 Å². The maximum atomic E-state index is 13.7. The molecule has 8 heteroatoms. The van der Waals surface area contributed by atoms with Gasteiger partial charge in [0.15, 0.2) is 0 Å². The summed E-state index contributed by atoms with van der Waals surface area (Å²) in [6.07, 6.45) is 7.27. The number of rotatable bonds is 4. The lowest BCUT2D eigenvalue weighted by molar-refractivity contribution is -0.148. The second-order valence-corrected chi connectivity index (χ2v) is 10.6. The number of amides is 2. The third-order valence-corrected chi connectivity index (χ3v) is 7.66. The van der Waals surface area contributed by atoms with E-state index in [2.05, 4.69) is 22.3 Å². The number of fused-ring (bicyclic) bond motifs is 1. The van der Waals surface area contributed by atoms with Crippen molar-refractivity contribution in [1.29, 1.82) is 0 Å². The van der Waals surface area contributed by atoms with Gasteiger partial charge in [0.05, 0.1) is 12.0 Å². The molecule has 1 aromatic carbocycles. The Morgan fingerprint density at radius 2 is 1.83 bits per heavy atom. The zero-order valence-corrected chi connectivity index (χ0v) is 22.0. The van der Waals surface area contributed by atoms with Crippen LogP contribution in [0.25, 0.3) is 0 Å². The summed E-state index contributed by atoms with van der Waals surface area (Å²) in [4.78, 5) is 30.3. The van der Waals surface area contributed by atoms with Gasteiger partial charge in [-0.1, -0.05) is 44.9 Å². The molecule has 2 aliphatic heterocycles. The summed E-state index contributed by atoms with van der Waals surface area (Å²) in [6.45, 7) is 6.26. The maximum absolute atomic E-state index is 13.7. The van der Waals surface area contributed by atoms with Gasteiger partial charge < -0.3 is 19.0 Å². The van der Waals surface area contributed by atoms with E-state index in [1.165, 1.54) is 5.56 Å². The normalized spacial score (nSPS) is 19.3. The summed E-state index contributed by atoms with van der Waals surface area (Å²) in [5.41, 5.74) is 0.846. The molecule has 0 saturated carbocycles. The number of para-hydroxylation sites is 1. The summed E-state index contributed by atoms with van der Waals surface area (Å²) in [5, 5.41) is 8.11. The number of aromatic nitrogens is 2. The lowest BCUT2D eigenvalue weighted by atomic mass is 9.73. The zero-order valence-electron chi connectivity index (χ0n) is 22.0. The molecule has 0 N–H and O–H groups in total. The molecular weight excluding hydrogens is 456 g/mol. The highest BCUT2D eigenvalue weighted by Gasteiger charge is 2.43. The second-order valence-electron chi connectivity index (χ2n) is 10.6. The standard InChI is InChI=1S/C28H40N4O4/c1-21(2)26-30-29-24(36-26)12-13-25(33)32-17-15-28(16-18-32)14-8-4-5-9-22-10-6-7-11-23(22)35-20-19-31(3)27(28)34/h6-7,10-11,21H,4-5,8-9,12-20H2,1-3H3. The van der Waals surface area contributed by atoms with Crippen LogP contribution in [0.4, 0.5) is 0 Å². The molecule has 1 aromatic heterocycles. The first-order valence-electron chi connectivity index (χ1n) is 13.4. The van der Waals surface area contributed by atoms with Crippen LogP contribution in [0.3, 0.4) is 0 Å². The van der Waals surface area contributed by atoms with Gasteiger partial charge in [-0.15, -0.1) is 10.2 Å². The number of ether oxygens (including phenoxy) is 1. The Morgan fingerprint density at radius 3 is 2.58 bits per heavy atom. The van der Waals surface area contributed by atoms with Crippen molar-refractivity contribution in [2.45, 2.75) is 77.6 Å². The Labute approximate surface area is 214 Å². The Balaban J connectivity index is 1.34. The van der Waals surface area contributed by atoms with E-state index in [1.807, 2.05) is 42.8 Å². The summed E-state index contributed by atoms with van der Waals surface area (Å²) in [7, 11) is 1.88. The number of likely N-dealkylation sites (tertiary alicyclic amines) is 1. The second kappa shape index (κ2) is 11.9. The molecule has 1 saturated heterocycles. The molecule has 1 spiro atoms. The number of carbonyl (C=O) groups is 2. The number of hydrogen-bond donors (Lipinski definition) is 0. The molecule has 2 aromatic rings. The lowest BCUT2D eigenvalue weighted by Crippen LogP contribution is -2.51. The van der Waals surface area contributed by atoms with Crippen LogP contribution in [0.15, 0.2) is 28.7 Å². The molecular formula is C28H40N4O4. The van der Waals surface area contributed by atoms with E-state index in [-0.39, 0.29) is 17.7 Å². The molecule has 0 atom stereocenters. The van der Waals surface area contributed by atoms with E-state index in [4.69, 9.17) is 9.15 Å². The zero-order chi connectivity index (χ0) is 25.5. The fraction of sp³-hybridized carbons (Fsp3) is 0.643. The highest BCUT2D eigenvalue weighted by Crippen LogP contribution is 2.39. The monoisotopic (exact) mass is 496 g/mol. The van der Waals surface area contributed by atoms with E-state index in [9.17, 15) is 9.59 Å². The average molecular weight is 497 g/mol. The van der Waals surface area contributed by atoms with Gasteiger partial charge in [-0.3, -0.25) is 9.59 Å². The number of nitrogens with zero attached hydrogens (tertiary/aromatic N) is 4. The van der Waals surface area contributed by atoms with Crippen molar-refractivity contribution in [2.24, 2.45) is 5.41 Å². The SMILES string of the molecule is CC(C)c1nnc(CCC(=O)N2CCC3(CCCCCc4ccccc4OCCN(C)C3=O)CC2)o1. The third kappa shape index (κ3) is 6.26. The van der Waals surface area contributed by atoms with Crippen molar-refractivity contribution in [1.82, 2.24) is 20.0 Å². The molecule has 0 radical (unpaired) electrons. The first-order chi connectivity index (χ1) is 17.4. The smallest absolute Gasteiger partial charge is 0.228 e. The highest BCUT2D eigenvalue weighted by molar-refractivity contribution is 5.83. The van der Waals surface area contributed by atoms with Crippen molar-refractivity contribution in [3.8, 4) is 5.75 Å². The molecule has 1 fully saturated rings. The molecule has 0 aliphatic carbocycles. The summed E-state index contributed by atoms with van der Waals surface area (Å²) >= 11 is 0. The molecule has 4 rings (SSSR count). The van der Waals surface area contributed by atoms with Crippen LogP contribution in [0, 0.1) is 5.41 Å². The van der Waals surface area contributed by atoms with Gasteiger partial charge in [-0.25, -0.2) is 0 Å². The van der Waals surface area contributed by atoms with Gasteiger partial charge in [0, 0.05) is 38.9 Å². The van der Waals surface area contributed by atoms with Crippen LogP contribution in [-0.4, -0.2) is 65.1 Å². The van der Waals surface area contributed by atoms with Crippen molar-refractivity contribution in [2.75, 3.05) is 33.3 Å². The van der Waals surface area contributed by atoms with Gasteiger partial charge in [0.25, 0.3) is 0 Å². The Hall–Kier alpha value is -2.90. The maximum Gasteiger partial charge on any atom is 0.228 e. The average Bonchev–Trinajstić information content (AvgIpc) is 3.37. The Kier molecular flexibility index (Phi) is 8.64. The number of piperidine rings is 1. The fourth-order valence-corrected chi connectivity index (χ4v) is 5.33. The molecule has 0 bridgehead atoms. The number of benzene rings is 1. The van der Waals surface area contributed by atoms with E-state index >= 15 is 0 Å². The molecule has 3 heterocycles. The minimum absolute atomic E-state index is 0.0887. The predicted octanol–water partition coefficient (Wildman–Crippen LogP) is 4.39. The van der Waals surface area contributed by atoms with Crippen molar-refractivity contribution in [3.05, 3.63) is 41.6 Å².